The van der Waals surface area contributed by atoms with Crippen LogP contribution >= 0.6 is 22.9 Å². The molecule has 0 bridgehead atoms. The summed E-state index contributed by atoms with van der Waals surface area (Å²) in [5, 5.41) is 12.6. The van der Waals surface area contributed by atoms with Crippen molar-refractivity contribution in [2.75, 3.05) is 13.2 Å². The molecular formula is C12H20ClNOS. The Balaban J connectivity index is 2.65. The van der Waals surface area contributed by atoms with E-state index in [0.29, 0.717) is 0 Å². The molecule has 0 saturated carbocycles. The van der Waals surface area contributed by atoms with Gasteiger partial charge in [0.1, 0.15) is 0 Å². The zero-order valence-corrected chi connectivity index (χ0v) is 11.9. The standard InChI is InChI=1S/C12H20ClNOS/c1-11(2,7-14-12(3,4)8-15)9-5-6-10(13)16-9/h5-6,14-15H,7-8H2,1-4H3. The molecule has 16 heavy (non-hydrogen) atoms. The Morgan fingerprint density at radius 1 is 1.31 bits per heavy atom. The van der Waals surface area contributed by atoms with Crippen molar-refractivity contribution in [1.82, 2.24) is 5.32 Å². The van der Waals surface area contributed by atoms with Crippen molar-refractivity contribution in [2.45, 2.75) is 38.6 Å². The molecule has 0 saturated heterocycles. The molecule has 0 aromatic carbocycles. The van der Waals surface area contributed by atoms with E-state index >= 15 is 0 Å². The molecule has 1 heterocycles. The first-order valence-electron chi connectivity index (χ1n) is 5.38. The quantitative estimate of drug-likeness (QED) is 0.854. The smallest absolute Gasteiger partial charge is 0.0931 e. The summed E-state index contributed by atoms with van der Waals surface area (Å²) in [7, 11) is 0. The van der Waals surface area contributed by atoms with Crippen molar-refractivity contribution in [3.8, 4) is 0 Å². The van der Waals surface area contributed by atoms with Gasteiger partial charge in [-0.1, -0.05) is 25.4 Å². The molecule has 1 aromatic heterocycles. The fourth-order valence-corrected chi connectivity index (χ4v) is 2.42. The number of hydrogen-bond donors (Lipinski definition) is 2. The molecule has 0 spiro atoms. The van der Waals surface area contributed by atoms with Gasteiger partial charge in [-0.15, -0.1) is 11.3 Å². The van der Waals surface area contributed by atoms with Gasteiger partial charge in [-0.2, -0.15) is 0 Å². The first-order chi connectivity index (χ1) is 7.27. The van der Waals surface area contributed by atoms with Crippen LogP contribution in [-0.2, 0) is 5.41 Å². The van der Waals surface area contributed by atoms with Crippen LogP contribution in [0.2, 0.25) is 4.34 Å². The Bertz CT molecular complexity index is 347. The normalized spacial score (nSPS) is 13.1. The van der Waals surface area contributed by atoms with Crippen molar-refractivity contribution in [1.29, 1.82) is 0 Å². The van der Waals surface area contributed by atoms with Crippen LogP contribution in [0.1, 0.15) is 32.6 Å². The van der Waals surface area contributed by atoms with E-state index in [-0.39, 0.29) is 17.6 Å². The summed E-state index contributed by atoms with van der Waals surface area (Å²) < 4.78 is 0.824. The third-order valence-corrected chi connectivity index (χ3v) is 4.24. The van der Waals surface area contributed by atoms with Crippen LogP contribution in [0.5, 0.6) is 0 Å². The molecule has 0 aliphatic heterocycles. The number of aliphatic hydroxyl groups excluding tert-OH is 1. The first-order valence-corrected chi connectivity index (χ1v) is 6.58. The molecule has 2 N–H and O–H groups in total. The predicted molar refractivity (Wildman–Crippen MR) is 71.5 cm³/mol. The van der Waals surface area contributed by atoms with E-state index in [0.717, 1.165) is 10.9 Å². The SMILES string of the molecule is CC(C)(CO)NCC(C)(C)c1ccc(Cl)s1. The van der Waals surface area contributed by atoms with Gasteiger partial charge < -0.3 is 10.4 Å². The monoisotopic (exact) mass is 261 g/mol. The third-order valence-electron chi connectivity index (χ3n) is 2.64. The van der Waals surface area contributed by atoms with Gasteiger partial charge in [0.2, 0.25) is 0 Å². The summed E-state index contributed by atoms with van der Waals surface area (Å²) in [6.45, 7) is 9.28. The van der Waals surface area contributed by atoms with Crippen LogP contribution in [0.4, 0.5) is 0 Å². The molecule has 0 fully saturated rings. The lowest BCUT2D eigenvalue weighted by Gasteiger charge is -2.31. The van der Waals surface area contributed by atoms with Gasteiger partial charge in [-0.3, -0.25) is 0 Å². The van der Waals surface area contributed by atoms with Crippen LogP contribution in [0, 0.1) is 0 Å². The highest BCUT2D eigenvalue weighted by molar-refractivity contribution is 7.16. The Labute approximate surface area is 107 Å². The topological polar surface area (TPSA) is 32.3 Å². The van der Waals surface area contributed by atoms with E-state index in [1.165, 1.54) is 4.88 Å². The predicted octanol–water partition coefficient (Wildman–Crippen LogP) is 3.04. The maximum absolute atomic E-state index is 9.18. The molecule has 0 aliphatic carbocycles. The van der Waals surface area contributed by atoms with Crippen LogP contribution in [0.25, 0.3) is 0 Å². The van der Waals surface area contributed by atoms with Gasteiger partial charge in [0.05, 0.1) is 10.9 Å². The molecule has 1 rings (SSSR count). The van der Waals surface area contributed by atoms with E-state index in [1.54, 1.807) is 11.3 Å². The molecule has 2 nitrogen and oxygen atoms in total. The van der Waals surface area contributed by atoms with Crippen LogP contribution in [0.3, 0.4) is 0 Å². The summed E-state index contributed by atoms with van der Waals surface area (Å²) in [5.41, 5.74) is -0.206. The summed E-state index contributed by atoms with van der Waals surface area (Å²) >= 11 is 7.56. The highest BCUT2D eigenvalue weighted by Gasteiger charge is 2.25. The maximum Gasteiger partial charge on any atom is 0.0931 e. The number of thiophene rings is 1. The second-order valence-corrected chi connectivity index (χ2v) is 7.10. The van der Waals surface area contributed by atoms with E-state index < -0.39 is 0 Å². The highest BCUT2D eigenvalue weighted by Crippen LogP contribution is 2.32. The molecule has 0 atom stereocenters. The number of nitrogens with one attached hydrogen (secondary N) is 1. The van der Waals surface area contributed by atoms with Crippen LogP contribution < -0.4 is 5.32 Å². The van der Waals surface area contributed by atoms with E-state index in [4.69, 9.17) is 11.6 Å². The van der Waals surface area contributed by atoms with Crippen molar-refractivity contribution in [3.05, 3.63) is 21.3 Å². The second kappa shape index (κ2) is 5.05. The fraction of sp³-hybridized carbons (Fsp3) is 0.667. The molecule has 0 amide bonds. The maximum atomic E-state index is 9.18. The Morgan fingerprint density at radius 3 is 2.38 bits per heavy atom. The van der Waals surface area contributed by atoms with Crippen molar-refractivity contribution in [2.24, 2.45) is 0 Å². The third kappa shape index (κ3) is 3.74. The average molecular weight is 262 g/mol. The zero-order chi connectivity index (χ0) is 12.4. The van der Waals surface area contributed by atoms with Gasteiger partial charge in [0.25, 0.3) is 0 Å². The Kier molecular flexibility index (Phi) is 4.41. The molecule has 4 heteroatoms. The van der Waals surface area contributed by atoms with Gasteiger partial charge in [-0.25, -0.2) is 0 Å². The van der Waals surface area contributed by atoms with Gasteiger partial charge in [0, 0.05) is 22.4 Å². The van der Waals surface area contributed by atoms with E-state index in [2.05, 4.69) is 25.2 Å². The highest BCUT2D eigenvalue weighted by atomic mass is 35.5. The molecular weight excluding hydrogens is 242 g/mol. The fourth-order valence-electron chi connectivity index (χ4n) is 1.28. The average Bonchev–Trinajstić information content (AvgIpc) is 2.63. The van der Waals surface area contributed by atoms with Crippen molar-refractivity contribution >= 4 is 22.9 Å². The van der Waals surface area contributed by atoms with Gasteiger partial charge in [0.15, 0.2) is 0 Å². The number of aliphatic hydroxyl groups is 1. The summed E-state index contributed by atoms with van der Waals surface area (Å²) in [5.74, 6) is 0. The Hall–Kier alpha value is -0.0900. The minimum atomic E-state index is -0.238. The second-order valence-electron chi connectivity index (χ2n) is 5.38. The summed E-state index contributed by atoms with van der Waals surface area (Å²) in [6.07, 6.45) is 0. The number of hydrogen-bond acceptors (Lipinski definition) is 3. The number of rotatable bonds is 5. The van der Waals surface area contributed by atoms with Crippen LogP contribution in [0.15, 0.2) is 12.1 Å². The minimum Gasteiger partial charge on any atom is -0.394 e. The van der Waals surface area contributed by atoms with Crippen LogP contribution in [-0.4, -0.2) is 23.8 Å². The van der Waals surface area contributed by atoms with E-state index in [9.17, 15) is 5.11 Å². The molecule has 92 valence electrons. The largest absolute Gasteiger partial charge is 0.394 e. The lowest BCUT2D eigenvalue weighted by Crippen LogP contribution is -2.47. The lowest BCUT2D eigenvalue weighted by molar-refractivity contribution is 0.182. The van der Waals surface area contributed by atoms with E-state index in [1.807, 2.05) is 19.9 Å². The first kappa shape index (κ1) is 14.0. The van der Waals surface area contributed by atoms with Crippen molar-refractivity contribution < 1.29 is 5.11 Å². The van der Waals surface area contributed by atoms with Gasteiger partial charge in [-0.05, 0) is 26.0 Å². The Morgan fingerprint density at radius 2 is 1.94 bits per heavy atom. The molecule has 0 radical (unpaired) electrons. The van der Waals surface area contributed by atoms with Crippen molar-refractivity contribution in [3.63, 3.8) is 0 Å². The minimum absolute atomic E-state index is 0.0320. The number of halogens is 1. The molecule has 1 aromatic rings. The van der Waals surface area contributed by atoms with Gasteiger partial charge >= 0.3 is 0 Å². The lowest BCUT2D eigenvalue weighted by atomic mass is 9.90. The molecule has 0 unspecified atom stereocenters. The summed E-state index contributed by atoms with van der Waals surface area (Å²) in [6, 6.07) is 4.00. The molecule has 0 aliphatic rings. The summed E-state index contributed by atoms with van der Waals surface area (Å²) in [4.78, 5) is 1.26. The zero-order valence-electron chi connectivity index (χ0n) is 10.3.